The predicted molar refractivity (Wildman–Crippen MR) is 147 cm³/mol. The van der Waals surface area contributed by atoms with Crippen LogP contribution >= 0.6 is 15.9 Å². The largest absolute Gasteiger partial charge is 0.493 e. The zero-order valence-electron chi connectivity index (χ0n) is 21.9. The van der Waals surface area contributed by atoms with Crippen LogP contribution in [0, 0.1) is 0 Å². The standard InChI is InChI=1S/C29H23BrF3N3O5/c1-40-22-8-7-16(13-23(22)41-2)9-11-35-24(10-12-36-26(37)18-5-3-4-6-19(18)27(36)38)34-25-20(28(35)39)14-17(30)15-21(25)29(31,32)33/h3-8,13-15H,9-12H2,1-2H3. The summed E-state index contributed by atoms with van der Waals surface area (Å²) in [6, 6.07) is 13.8. The van der Waals surface area contributed by atoms with Crippen molar-refractivity contribution in [3.05, 3.63) is 97.5 Å². The highest BCUT2D eigenvalue weighted by Gasteiger charge is 2.36. The molecule has 3 aromatic carbocycles. The summed E-state index contributed by atoms with van der Waals surface area (Å²) >= 11 is 3.08. The number of ether oxygens (including phenoxy) is 2. The maximum Gasteiger partial charge on any atom is 0.418 e. The van der Waals surface area contributed by atoms with E-state index in [1.165, 1.54) is 37.0 Å². The quantitative estimate of drug-likeness (QED) is 0.247. The fourth-order valence-corrected chi connectivity index (χ4v) is 5.36. The number of carbonyl (C=O) groups excluding carboxylic acids is 2. The number of methoxy groups -OCH3 is 2. The second-order valence-electron chi connectivity index (χ2n) is 9.33. The molecule has 4 aromatic rings. The molecule has 8 nitrogen and oxygen atoms in total. The smallest absolute Gasteiger partial charge is 0.418 e. The Morgan fingerprint density at radius 1 is 0.854 bits per heavy atom. The van der Waals surface area contributed by atoms with E-state index in [0.29, 0.717) is 17.9 Å². The van der Waals surface area contributed by atoms with Crippen LogP contribution in [0.5, 0.6) is 11.5 Å². The maximum atomic E-state index is 14.0. The summed E-state index contributed by atoms with van der Waals surface area (Å²) in [6.45, 7) is -0.0961. The van der Waals surface area contributed by atoms with Gasteiger partial charge in [-0.25, -0.2) is 4.98 Å². The summed E-state index contributed by atoms with van der Waals surface area (Å²) < 4.78 is 53.9. The monoisotopic (exact) mass is 629 g/mol. The van der Waals surface area contributed by atoms with Crippen LogP contribution in [-0.4, -0.2) is 47.0 Å². The zero-order valence-corrected chi connectivity index (χ0v) is 23.5. The topological polar surface area (TPSA) is 90.7 Å². The lowest BCUT2D eigenvalue weighted by Crippen LogP contribution is -2.34. The summed E-state index contributed by atoms with van der Waals surface area (Å²) in [5.41, 5.74) is -0.942. The van der Waals surface area contributed by atoms with Crippen molar-refractivity contribution in [3.63, 3.8) is 0 Å². The number of benzene rings is 3. The molecule has 0 unspecified atom stereocenters. The first-order chi connectivity index (χ1) is 19.5. The van der Waals surface area contributed by atoms with Gasteiger partial charge in [0, 0.05) is 24.0 Å². The number of imide groups is 1. The number of carbonyl (C=O) groups is 2. The van der Waals surface area contributed by atoms with E-state index in [1.807, 2.05) is 0 Å². The number of alkyl halides is 3. The van der Waals surface area contributed by atoms with Crippen LogP contribution in [0.3, 0.4) is 0 Å². The molecule has 41 heavy (non-hydrogen) atoms. The molecule has 0 bridgehead atoms. The SMILES string of the molecule is COc1ccc(CCn2c(CCN3C(=O)c4ccccc4C3=O)nc3c(C(F)(F)F)cc(Br)cc3c2=O)cc1OC. The Balaban J connectivity index is 1.55. The van der Waals surface area contributed by atoms with Crippen molar-refractivity contribution in [3.8, 4) is 11.5 Å². The lowest BCUT2D eigenvalue weighted by molar-refractivity contribution is -0.136. The number of fused-ring (bicyclic) bond motifs is 2. The van der Waals surface area contributed by atoms with E-state index in [0.717, 1.165) is 16.5 Å². The van der Waals surface area contributed by atoms with Gasteiger partial charge in [-0.1, -0.05) is 34.1 Å². The second kappa shape index (κ2) is 11.0. The van der Waals surface area contributed by atoms with Gasteiger partial charge in [-0.15, -0.1) is 0 Å². The summed E-state index contributed by atoms with van der Waals surface area (Å²) in [7, 11) is 3.00. The summed E-state index contributed by atoms with van der Waals surface area (Å²) in [4.78, 5) is 44.8. The number of rotatable bonds is 8. The molecule has 2 amide bonds. The Labute approximate surface area is 240 Å². The van der Waals surface area contributed by atoms with Gasteiger partial charge in [-0.3, -0.25) is 23.9 Å². The molecule has 2 heterocycles. The average molecular weight is 630 g/mol. The van der Waals surface area contributed by atoms with E-state index in [4.69, 9.17) is 9.47 Å². The van der Waals surface area contributed by atoms with E-state index >= 15 is 0 Å². The van der Waals surface area contributed by atoms with Gasteiger partial charge in [0.05, 0.1) is 41.8 Å². The van der Waals surface area contributed by atoms with E-state index in [1.54, 1.807) is 30.3 Å². The lowest BCUT2D eigenvalue weighted by atomic mass is 10.1. The molecule has 0 atom stereocenters. The number of nitrogens with zero attached hydrogens (tertiary/aromatic N) is 3. The molecule has 0 saturated carbocycles. The van der Waals surface area contributed by atoms with Crippen LogP contribution in [0.25, 0.3) is 10.9 Å². The van der Waals surface area contributed by atoms with Crippen molar-refractivity contribution >= 4 is 38.6 Å². The predicted octanol–water partition coefficient (Wildman–Crippen LogP) is 5.28. The molecular weight excluding hydrogens is 607 g/mol. The first-order valence-electron chi connectivity index (χ1n) is 12.5. The Hall–Kier alpha value is -4.19. The fraction of sp³-hybridized carbons (Fsp3) is 0.241. The second-order valence-corrected chi connectivity index (χ2v) is 10.2. The van der Waals surface area contributed by atoms with Gasteiger partial charge in [0.2, 0.25) is 0 Å². The summed E-state index contributed by atoms with van der Waals surface area (Å²) in [5, 5.41) is -0.205. The van der Waals surface area contributed by atoms with E-state index < -0.39 is 34.6 Å². The van der Waals surface area contributed by atoms with Crippen LogP contribution in [0.1, 0.15) is 37.7 Å². The van der Waals surface area contributed by atoms with Crippen LogP contribution in [0.15, 0.2) is 63.9 Å². The minimum Gasteiger partial charge on any atom is -0.493 e. The van der Waals surface area contributed by atoms with Gasteiger partial charge in [-0.2, -0.15) is 13.2 Å². The molecule has 1 aliphatic heterocycles. The van der Waals surface area contributed by atoms with E-state index in [9.17, 15) is 27.6 Å². The highest BCUT2D eigenvalue weighted by molar-refractivity contribution is 9.10. The zero-order chi connectivity index (χ0) is 29.5. The Kier molecular flexibility index (Phi) is 7.60. The Morgan fingerprint density at radius 3 is 2.12 bits per heavy atom. The highest BCUT2D eigenvalue weighted by atomic mass is 79.9. The molecule has 0 radical (unpaired) electrons. The first kappa shape index (κ1) is 28.3. The van der Waals surface area contributed by atoms with Crippen LogP contribution in [0.2, 0.25) is 0 Å². The third-order valence-electron chi connectivity index (χ3n) is 6.92. The molecule has 0 spiro atoms. The Morgan fingerprint density at radius 2 is 1.51 bits per heavy atom. The molecule has 12 heteroatoms. The fourth-order valence-electron chi connectivity index (χ4n) is 4.90. The van der Waals surface area contributed by atoms with Gasteiger partial charge >= 0.3 is 6.18 Å². The van der Waals surface area contributed by atoms with Crippen LogP contribution < -0.4 is 15.0 Å². The molecule has 1 aliphatic rings. The minimum absolute atomic E-state index is 0.0207. The molecule has 1 aromatic heterocycles. The van der Waals surface area contributed by atoms with Crippen molar-refractivity contribution in [1.29, 1.82) is 0 Å². The molecule has 0 N–H and O–H groups in total. The number of hydrogen-bond acceptors (Lipinski definition) is 6. The molecule has 5 rings (SSSR count). The van der Waals surface area contributed by atoms with Gasteiger partial charge in [0.15, 0.2) is 11.5 Å². The van der Waals surface area contributed by atoms with Crippen molar-refractivity contribution in [2.45, 2.75) is 25.6 Å². The number of hydrogen-bond donors (Lipinski definition) is 0. The number of aryl methyl sites for hydroxylation is 1. The van der Waals surface area contributed by atoms with Crippen molar-refractivity contribution < 1.29 is 32.2 Å². The molecule has 0 aliphatic carbocycles. The highest BCUT2D eigenvalue weighted by Crippen LogP contribution is 2.36. The summed E-state index contributed by atoms with van der Waals surface area (Å²) in [5.74, 6) is 0.00828. The molecular formula is C29H23BrF3N3O5. The van der Waals surface area contributed by atoms with Gasteiger partial charge in [0.1, 0.15) is 5.82 Å². The van der Waals surface area contributed by atoms with Gasteiger partial charge < -0.3 is 9.47 Å². The van der Waals surface area contributed by atoms with Gasteiger partial charge in [-0.05, 0) is 48.4 Å². The van der Waals surface area contributed by atoms with Crippen LogP contribution in [0.4, 0.5) is 13.2 Å². The first-order valence-corrected chi connectivity index (χ1v) is 13.3. The Bertz CT molecular complexity index is 1720. The van der Waals surface area contributed by atoms with Crippen molar-refractivity contribution in [1.82, 2.24) is 14.5 Å². The average Bonchev–Trinajstić information content (AvgIpc) is 3.19. The normalized spacial score (nSPS) is 13.2. The van der Waals surface area contributed by atoms with Crippen molar-refractivity contribution in [2.24, 2.45) is 0 Å². The van der Waals surface area contributed by atoms with Gasteiger partial charge in [0.25, 0.3) is 17.4 Å². The van der Waals surface area contributed by atoms with E-state index in [2.05, 4.69) is 20.9 Å². The van der Waals surface area contributed by atoms with E-state index in [-0.39, 0.29) is 46.3 Å². The third kappa shape index (κ3) is 5.31. The summed E-state index contributed by atoms with van der Waals surface area (Å²) in [6.07, 6.45) is -4.59. The van der Waals surface area contributed by atoms with Crippen LogP contribution in [-0.2, 0) is 25.6 Å². The molecule has 0 saturated heterocycles. The maximum absolute atomic E-state index is 14.0. The molecule has 212 valence electrons. The van der Waals surface area contributed by atoms with Crippen molar-refractivity contribution in [2.75, 3.05) is 20.8 Å². The minimum atomic E-state index is -4.77. The number of aromatic nitrogens is 2. The lowest BCUT2D eigenvalue weighted by Gasteiger charge is -2.19. The number of amides is 2. The molecule has 0 fully saturated rings. The number of halogens is 4. The third-order valence-corrected chi connectivity index (χ3v) is 7.38.